The van der Waals surface area contributed by atoms with Crippen LogP contribution in [0.4, 0.5) is 16.6 Å². The van der Waals surface area contributed by atoms with E-state index >= 15 is 0 Å². The smallest absolute Gasteiger partial charge is 0.416 e. The van der Waals surface area contributed by atoms with Crippen molar-refractivity contribution in [3.05, 3.63) is 47.7 Å². The third kappa shape index (κ3) is 4.68. The lowest BCUT2D eigenvalue weighted by Crippen LogP contribution is -2.60. The number of nitrogens with one attached hydrogen (secondary N) is 1. The molecule has 3 heterocycles. The maximum Gasteiger partial charge on any atom is 0.416 e. The first kappa shape index (κ1) is 25.0. The van der Waals surface area contributed by atoms with Crippen molar-refractivity contribution >= 4 is 17.9 Å². The fourth-order valence-electron chi connectivity index (χ4n) is 5.58. The van der Waals surface area contributed by atoms with Gasteiger partial charge in [-0.25, -0.2) is 9.78 Å². The van der Waals surface area contributed by atoms with Crippen LogP contribution in [0.1, 0.15) is 71.0 Å². The highest BCUT2D eigenvalue weighted by Crippen LogP contribution is 2.47. The van der Waals surface area contributed by atoms with Crippen molar-refractivity contribution in [2.45, 2.75) is 77.5 Å². The van der Waals surface area contributed by atoms with Gasteiger partial charge in [-0.05, 0) is 68.6 Å². The Kier molecular flexibility index (Phi) is 6.24. The average molecular weight is 493 g/mol. The summed E-state index contributed by atoms with van der Waals surface area (Å²) in [6.45, 7) is 14.3. The molecule has 1 amide bonds. The standard InChI is InChI=1S/C28H40N6O2/c1-19(21-8-6-20(7-9-21)16-33-15-13-28(5,29)26(2,3)17-33)31-24-30-14-12-23(32-24)34-25(35)36-18-27(34,4)22-10-11-22/h6-9,12,14,19,22H,10-11,13,15-18,29H2,1-5H3,(H,30,31,32)/t19-,27+,28?/m0/s1. The van der Waals surface area contributed by atoms with Gasteiger partial charge in [0, 0.05) is 31.4 Å². The Morgan fingerprint density at radius 3 is 2.56 bits per heavy atom. The molecule has 0 spiro atoms. The molecule has 3 N–H and O–H groups in total. The van der Waals surface area contributed by atoms with Crippen LogP contribution in [0.5, 0.6) is 0 Å². The zero-order valence-corrected chi connectivity index (χ0v) is 22.3. The van der Waals surface area contributed by atoms with Gasteiger partial charge in [0.1, 0.15) is 12.4 Å². The minimum atomic E-state index is -0.337. The second kappa shape index (κ2) is 8.99. The summed E-state index contributed by atoms with van der Waals surface area (Å²) in [6.07, 6.45) is 4.62. The number of likely N-dealkylation sites (tertiary alicyclic amines) is 1. The topological polar surface area (TPSA) is 96.6 Å². The van der Waals surface area contributed by atoms with E-state index in [4.69, 9.17) is 10.5 Å². The fourth-order valence-corrected chi connectivity index (χ4v) is 5.58. The van der Waals surface area contributed by atoms with Crippen LogP contribution >= 0.6 is 0 Å². The molecule has 1 unspecified atom stereocenters. The number of aromatic nitrogens is 2. The maximum absolute atomic E-state index is 12.5. The Balaban J connectivity index is 1.23. The van der Waals surface area contributed by atoms with Gasteiger partial charge in [0.05, 0.1) is 11.6 Å². The molecule has 3 aliphatic rings. The molecule has 1 saturated carbocycles. The van der Waals surface area contributed by atoms with Crippen LogP contribution in [0.15, 0.2) is 36.5 Å². The molecular formula is C28H40N6O2. The van der Waals surface area contributed by atoms with Crippen LogP contribution in [-0.2, 0) is 11.3 Å². The summed E-state index contributed by atoms with van der Waals surface area (Å²) in [7, 11) is 0. The molecule has 3 atom stereocenters. The van der Waals surface area contributed by atoms with Crippen molar-refractivity contribution < 1.29 is 9.53 Å². The second-order valence-electron chi connectivity index (χ2n) is 12.1. The minimum absolute atomic E-state index is 0.0153. The Bertz CT molecular complexity index is 1110. The number of nitrogens with two attached hydrogens (primary N) is 1. The van der Waals surface area contributed by atoms with Crippen molar-refractivity contribution in [1.82, 2.24) is 14.9 Å². The zero-order valence-electron chi connectivity index (χ0n) is 22.3. The second-order valence-corrected chi connectivity index (χ2v) is 12.1. The molecule has 36 heavy (non-hydrogen) atoms. The molecule has 0 bridgehead atoms. The summed E-state index contributed by atoms with van der Waals surface area (Å²) in [5, 5.41) is 3.40. The van der Waals surface area contributed by atoms with Gasteiger partial charge in [-0.15, -0.1) is 0 Å². The third-order valence-corrected chi connectivity index (χ3v) is 8.85. The lowest BCUT2D eigenvalue weighted by Gasteiger charge is -2.49. The van der Waals surface area contributed by atoms with Gasteiger partial charge in [0.25, 0.3) is 0 Å². The number of nitrogens with zero attached hydrogens (tertiary/aromatic N) is 4. The number of ether oxygens (including phenoxy) is 1. The van der Waals surface area contributed by atoms with Crippen molar-refractivity contribution in [1.29, 1.82) is 0 Å². The first-order valence-electron chi connectivity index (χ1n) is 13.2. The first-order chi connectivity index (χ1) is 17.0. The molecule has 1 aromatic carbocycles. The molecule has 5 rings (SSSR count). The Morgan fingerprint density at radius 1 is 1.17 bits per heavy atom. The number of cyclic esters (lactones) is 1. The predicted octanol–water partition coefficient (Wildman–Crippen LogP) is 4.72. The summed E-state index contributed by atoms with van der Waals surface area (Å²) in [4.78, 5) is 25.8. The van der Waals surface area contributed by atoms with Gasteiger partial charge >= 0.3 is 6.09 Å². The van der Waals surface area contributed by atoms with Crippen molar-refractivity contribution in [2.24, 2.45) is 17.1 Å². The molecular weight excluding hydrogens is 452 g/mol. The molecule has 1 aliphatic carbocycles. The number of piperidine rings is 1. The van der Waals surface area contributed by atoms with E-state index in [-0.39, 0.29) is 28.6 Å². The highest BCUT2D eigenvalue weighted by molar-refractivity contribution is 5.90. The van der Waals surface area contributed by atoms with Crippen LogP contribution in [0.2, 0.25) is 0 Å². The molecule has 8 nitrogen and oxygen atoms in total. The number of anilines is 2. The summed E-state index contributed by atoms with van der Waals surface area (Å²) in [5.41, 5.74) is 8.62. The van der Waals surface area contributed by atoms with E-state index in [0.29, 0.717) is 24.3 Å². The van der Waals surface area contributed by atoms with Crippen LogP contribution in [0, 0.1) is 11.3 Å². The first-order valence-corrected chi connectivity index (χ1v) is 13.2. The maximum atomic E-state index is 12.5. The molecule has 3 fully saturated rings. The Hall–Kier alpha value is -2.71. The molecule has 8 heteroatoms. The van der Waals surface area contributed by atoms with Crippen LogP contribution < -0.4 is 16.0 Å². The zero-order chi connectivity index (χ0) is 25.7. The van der Waals surface area contributed by atoms with Crippen LogP contribution in [0.3, 0.4) is 0 Å². The molecule has 194 valence electrons. The number of hydrogen-bond acceptors (Lipinski definition) is 7. The van der Waals surface area contributed by atoms with Crippen molar-refractivity contribution in [3.63, 3.8) is 0 Å². The summed E-state index contributed by atoms with van der Waals surface area (Å²) in [6, 6.07) is 10.5. The van der Waals surface area contributed by atoms with Gasteiger partial charge in [0.2, 0.25) is 5.95 Å². The third-order valence-electron chi connectivity index (χ3n) is 8.85. The normalized spacial score (nSPS) is 29.2. The number of amides is 1. The monoisotopic (exact) mass is 492 g/mol. The Morgan fingerprint density at radius 2 is 1.89 bits per heavy atom. The lowest BCUT2D eigenvalue weighted by atomic mass is 9.69. The van der Waals surface area contributed by atoms with E-state index in [1.165, 1.54) is 5.56 Å². The number of hydrogen-bond donors (Lipinski definition) is 2. The van der Waals surface area contributed by atoms with E-state index in [0.717, 1.165) is 44.5 Å². The SMILES string of the molecule is C[C@H](Nc1nccc(N2C(=O)OC[C@]2(C)C2CC2)n1)c1ccc(CN2CCC(C)(N)C(C)(C)C2)cc1. The number of carbonyl (C=O) groups is 1. The lowest BCUT2D eigenvalue weighted by molar-refractivity contribution is 0.0375. The average Bonchev–Trinajstić information content (AvgIpc) is 3.63. The molecule has 2 aromatic rings. The molecule has 2 aliphatic heterocycles. The summed E-state index contributed by atoms with van der Waals surface area (Å²) >= 11 is 0. The number of rotatable bonds is 7. The van der Waals surface area contributed by atoms with Gasteiger partial charge in [-0.1, -0.05) is 38.1 Å². The fraction of sp³-hybridized carbons (Fsp3) is 0.607. The number of benzene rings is 1. The van der Waals surface area contributed by atoms with Crippen LogP contribution in [0.25, 0.3) is 0 Å². The minimum Gasteiger partial charge on any atom is -0.447 e. The van der Waals surface area contributed by atoms with E-state index in [9.17, 15) is 4.79 Å². The summed E-state index contributed by atoms with van der Waals surface area (Å²) in [5.74, 6) is 1.55. The van der Waals surface area contributed by atoms with E-state index in [2.05, 4.69) is 79.1 Å². The quantitative estimate of drug-likeness (QED) is 0.577. The van der Waals surface area contributed by atoms with Crippen LogP contribution in [-0.4, -0.2) is 51.7 Å². The summed E-state index contributed by atoms with van der Waals surface area (Å²) < 4.78 is 5.41. The Labute approximate surface area is 214 Å². The molecule has 1 aromatic heterocycles. The van der Waals surface area contributed by atoms with E-state index in [1.807, 2.05) is 0 Å². The number of carbonyl (C=O) groups excluding carboxylic acids is 1. The highest BCUT2D eigenvalue weighted by Gasteiger charge is 2.54. The molecule has 0 radical (unpaired) electrons. The molecule has 2 saturated heterocycles. The van der Waals surface area contributed by atoms with Crippen molar-refractivity contribution in [3.8, 4) is 0 Å². The predicted molar refractivity (Wildman–Crippen MR) is 142 cm³/mol. The van der Waals surface area contributed by atoms with Gasteiger partial charge in [0.15, 0.2) is 0 Å². The highest BCUT2D eigenvalue weighted by atomic mass is 16.6. The largest absolute Gasteiger partial charge is 0.447 e. The van der Waals surface area contributed by atoms with E-state index in [1.54, 1.807) is 17.2 Å². The van der Waals surface area contributed by atoms with Gasteiger partial charge in [-0.2, -0.15) is 4.98 Å². The van der Waals surface area contributed by atoms with E-state index < -0.39 is 0 Å². The van der Waals surface area contributed by atoms with Gasteiger partial charge in [-0.3, -0.25) is 9.80 Å². The van der Waals surface area contributed by atoms with Gasteiger partial charge < -0.3 is 15.8 Å². The van der Waals surface area contributed by atoms with Crippen molar-refractivity contribution in [2.75, 3.05) is 29.9 Å².